The summed E-state index contributed by atoms with van der Waals surface area (Å²) in [6.45, 7) is 4.19. The Labute approximate surface area is 301 Å². The van der Waals surface area contributed by atoms with E-state index >= 15 is 0 Å². The van der Waals surface area contributed by atoms with Crippen LogP contribution in [0.4, 0.5) is 0 Å². The average molecular weight is 718 g/mol. The highest BCUT2D eigenvalue weighted by Crippen LogP contribution is 2.38. The maximum absolute atomic E-state index is 12.6. The number of phosphoric ester groups is 1. The monoisotopic (exact) mass is 718 g/mol. The summed E-state index contributed by atoms with van der Waals surface area (Å²) in [6.07, 6.45) is 30.9. The third-order valence-corrected chi connectivity index (χ3v) is 9.50. The van der Waals surface area contributed by atoms with Gasteiger partial charge < -0.3 is 27.9 Å². The van der Waals surface area contributed by atoms with Crippen LogP contribution in [0.5, 0.6) is 0 Å². The van der Waals surface area contributed by atoms with Crippen molar-refractivity contribution in [3.63, 3.8) is 0 Å². The van der Waals surface area contributed by atoms with Gasteiger partial charge in [-0.1, -0.05) is 135 Å². The van der Waals surface area contributed by atoms with Crippen LogP contribution in [0.25, 0.3) is 0 Å². The molecule has 0 aliphatic heterocycles. The molecule has 0 aliphatic carbocycles. The molecule has 0 aromatic carbocycles. The molecule has 290 valence electrons. The van der Waals surface area contributed by atoms with Gasteiger partial charge in [0, 0.05) is 12.8 Å². The van der Waals surface area contributed by atoms with Crippen molar-refractivity contribution >= 4 is 19.8 Å². The normalized spacial score (nSPS) is 13.8. The first kappa shape index (κ1) is 47.8. The molecule has 0 aliphatic rings. The van der Waals surface area contributed by atoms with E-state index in [1.165, 1.54) is 89.9 Å². The smallest absolute Gasteiger partial charge is 0.306 e. The van der Waals surface area contributed by atoms with Gasteiger partial charge >= 0.3 is 11.9 Å². The highest BCUT2D eigenvalue weighted by Gasteiger charge is 2.21. The number of likely N-dealkylation sites (N-methyl/N-ethyl adjacent to an activating group) is 1. The van der Waals surface area contributed by atoms with Crippen molar-refractivity contribution in [2.45, 2.75) is 180 Å². The Morgan fingerprint density at radius 3 is 1.53 bits per heavy atom. The maximum Gasteiger partial charge on any atom is 0.306 e. The number of esters is 2. The lowest BCUT2D eigenvalue weighted by atomic mass is 10.0. The van der Waals surface area contributed by atoms with Crippen molar-refractivity contribution < 1.29 is 42.1 Å². The lowest BCUT2D eigenvalue weighted by molar-refractivity contribution is -0.870. The van der Waals surface area contributed by atoms with Gasteiger partial charge in [0.1, 0.15) is 19.8 Å². The number of allylic oxidation sites excluding steroid dienone is 2. The molecule has 49 heavy (non-hydrogen) atoms. The van der Waals surface area contributed by atoms with Crippen LogP contribution in [0.2, 0.25) is 0 Å². The molecule has 0 spiro atoms. The Hall–Kier alpha value is -1.25. The highest BCUT2D eigenvalue weighted by molar-refractivity contribution is 7.45. The lowest BCUT2D eigenvalue weighted by Crippen LogP contribution is -2.37. The van der Waals surface area contributed by atoms with Crippen LogP contribution in [0.3, 0.4) is 0 Å². The van der Waals surface area contributed by atoms with E-state index in [1.807, 2.05) is 21.1 Å². The predicted octanol–water partition coefficient (Wildman–Crippen LogP) is 10.00. The number of quaternary nitrogens is 1. The van der Waals surface area contributed by atoms with E-state index in [1.54, 1.807) is 0 Å². The van der Waals surface area contributed by atoms with Crippen molar-refractivity contribution in [2.24, 2.45) is 0 Å². The Bertz CT molecular complexity index is 860. The Morgan fingerprint density at radius 2 is 1.04 bits per heavy atom. The third-order valence-electron chi connectivity index (χ3n) is 8.54. The first-order chi connectivity index (χ1) is 23.5. The number of hydrogen-bond acceptors (Lipinski definition) is 8. The van der Waals surface area contributed by atoms with Crippen molar-refractivity contribution in [3.05, 3.63) is 12.2 Å². The highest BCUT2D eigenvalue weighted by atomic mass is 31.2. The number of phosphoric acid groups is 1. The number of hydrogen-bond donors (Lipinski definition) is 0. The topological polar surface area (TPSA) is 111 Å². The average Bonchev–Trinajstić information content (AvgIpc) is 3.04. The molecule has 0 amide bonds. The summed E-state index contributed by atoms with van der Waals surface area (Å²) in [6, 6.07) is 0. The van der Waals surface area contributed by atoms with Crippen molar-refractivity contribution in [2.75, 3.05) is 47.5 Å². The van der Waals surface area contributed by atoms with Gasteiger partial charge in [0.15, 0.2) is 6.10 Å². The molecular formula is C39H76NO8P. The number of rotatable bonds is 36. The summed E-state index contributed by atoms with van der Waals surface area (Å²) in [5.74, 6) is -0.840. The fourth-order valence-electron chi connectivity index (χ4n) is 5.35. The summed E-state index contributed by atoms with van der Waals surface area (Å²) in [5, 5.41) is 0. The van der Waals surface area contributed by atoms with Crippen LogP contribution in [0.1, 0.15) is 174 Å². The minimum atomic E-state index is -4.61. The first-order valence-electron chi connectivity index (χ1n) is 19.9. The summed E-state index contributed by atoms with van der Waals surface area (Å²) in [4.78, 5) is 37.3. The van der Waals surface area contributed by atoms with E-state index in [-0.39, 0.29) is 32.0 Å². The Kier molecular flexibility index (Phi) is 31.8. The zero-order chi connectivity index (χ0) is 36.5. The molecule has 0 aromatic heterocycles. The second kappa shape index (κ2) is 32.6. The van der Waals surface area contributed by atoms with Crippen LogP contribution >= 0.6 is 7.82 Å². The molecule has 0 fully saturated rings. The fourth-order valence-corrected chi connectivity index (χ4v) is 6.08. The quantitative estimate of drug-likeness (QED) is 0.0207. The summed E-state index contributed by atoms with van der Waals surface area (Å²) in [5.41, 5.74) is 0. The van der Waals surface area contributed by atoms with E-state index in [4.69, 9.17) is 18.5 Å². The second-order valence-electron chi connectivity index (χ2n) is 14.7. The largest absolute Gasteiger partial charge is 0.756 e. The first-order valence-corrected chi connectivity index (χ1v) is 21.4. The zero-order valence-corrected chi connectivity index (χ0v) is 33.3. The third kappa shape index (κ3) is 36.3. The molecule has 2 atom stereocenters. The van der Waals surface area contributed by atoms with Crippen LogP contribution in [0, 0.1) is 0 Å². The number of carbonyl (C=O) groups is 2. The van der Waals surface area contributed by atoms with Crippen LogP contribution in [-0.2, 0) is 32.7 Å². The van der Waals surface area contributed by atoms with Gasteiger partial charge in [0.05, 0.1) is 27.7 Å². The van der Waals surface area contributed by atoms with Crippen LogP contribution in [0.15, 0.2) is 12.2 Å². The van der Waals surface area contributed by atoms with E-state index in [0.717, 1.165) is 51.4 Å². The van der Waals surface area contributed by atoms with Gasteiger partial charge in [0.2, 0.25) is 0 Å². The van der Waals surface area contributed by atoms with E-state index in [9.17, 15) is 19.0 Å². The molecule has 0 saturated carbocycles. The van der Waals surface area contributed by atoms with Crippen molar-refractivity contribution in [1.82, 2.24) is 0 Å². The lowest BCUT2D eigenvalue weighted by Gasteiger charge is -2.28. The van der Waals surface area contributed by atoms with E-state index in [0.29, 0.717) is 17.4 Å². The fraction of sp³-hybridized carbons (Fsp3) is 0.897. The van der Waals surface area contributed by atoms with Gasteiger partial charge in [-0.05, 0) is 38.5 Å². The summed E-state index contributed by atoms with van der Waals surface area (Å²) < 4.78 is 33.8. The molecule has 0 aromatic rings. The molecular weight excluding hydrogens is 641 g/mol. The second-order valence-corrected chi connectivity index (χ2v) is 16.1. The molecule has 0 bridgehead atoms. The SMILES string of the molecule is CCCCCC/C=C/CCCCCCCC(=O)O[C@H](COC(=O)CCCCCCCCCCCCCC)COP(=O)([O-])OCC[N+](C)(C)C. The molecule has 0 radical (unpaired) electrons. The molecule has 0 rings (SSSR count). The zero-order valence-electron chi connectivity index (χ0n) is 32.4. The number of ether oxygens (including phenoxy) is 2. The minimum absolute atomic E-state index is 0.0297. The molecule has 0 N–H and O–H groups in total. The molecule has 9 nitrogen and oxygen atoms in total. The van der Waals surface area contributed by atoms with Crippen molar-refractivity contribution in [1.29, 1.82) is 0 Å². The number of unbranched alkanes of at least 4 members (excludes halogenated alkanes) is 20. The summed E-state index contributed by atoms with van der Waals surface area (Å²) in [7, 11) is 1.17. The van der Waals surface area contributed by atoms with Gasteiger partial charge in [-0.25, -0.2) is 0 Å². The van der Waals surface area contributed by atoms with E-state index in [2.05, 4.69) is 26.0 Å². The molecule has 1 unspecified atom stereocenters. The van der Waals surface area contributed by atoms with E-state index < -0.39 is 26.5 Å². The van der Waals surface area contributed by atoms with Gasteiger partial charge in [-0.3, -0.25) is 14.2 Å². The Morgan fingerprint density at radius 1 is 0.612 bits per heavy atom. The van der Waals surface area contributed by atoms with Crippen LogP contribution < -0.4 is 4.89 Å². The molecule has 10 heteroatoms. The maximum atomic E-state index is 12.6. The van der Waals surface area contributed by atoms with Gasteiger partial charge in [0.25, 0.3) is 7.82 Å². The van der Waals surface area contributed by atoms with Crippen LogP contribution in [-0.4, -0.2) is 70.0 Å². The predicted molar refractivity (Wildman–Crippen MR) is 199 cm³/mol. The Balaban J connectivity index is 4.42. The van der Waals surface area contributed by atoms with Crippen molar-refractivity contribution in [3.8, 4) is 0 Å². The number of carbonyl (C=O) groups excluding carboxylic acids is 2. The standard InChI is InChI=1S/C39H76NO8P/c1-6-8-10-12-14-16-18-20-22-24-26-28-30-32-39(42)48-37(36-47-49(43,44)46-34-33-40(3,4)5)35-45-38(41)31-29-27-25-23-21-19-17-15-13-11-9-7-2/h16,18,37H,6-15,17,19-36H2,1-5H3/b18-16+/t37-/m1/s1. The number of nitrogens with zero attached hydrogens (tertiary/aromatic N) is 1. The molecule has 0 heterocycles. The van der Waals surface area contributed by atoms with Gasteiger partial charge in [-0.2, -0.15) is 0 Å². The minimum Gasteiger partial charge on any atom is -0.756 e. The van der Waals surface area contributed by atoms with Gasteiger partial charge in [-0.15, -0.1) is 0 Å². The summed E-state index contributed by atoms with van der Waals surface area (Å²) >= 11 is 0. The molecule has 0 saturated heterocycles.